The molecule has 2 aromatic rings. The lowest BCUT2D eigenvalue weighted by Gasteiger charge is -2.17. The fraction of sp³-hybridized carbons (Fsp3) is 0.500. The molecule has 0 bridgehead atoms. The Kier molecular flexibility index (Phi) is 3.52. The first kappa shape index (κ1) is 13.1. The molecule has 1 aromatic heterocycles. The Balaban J connectivity index is 1.33. The first-order chi connectivity index (χ1) is 10.4. The van der Waals surface area contributed by atoms with E-state index in [9.17, 15) is 0 Å². The number of aromatic nitrogens is 2. The molecule has 0 amide bonds. The van der Waals surface area contributed by atoms with Gasteiger partial charge in [-0.15, -0.1) is 0 Å². The lowest BCUT2D eigenvalue weighted by molar-refractivity contribution is 0.316. The summed E-state index contributed by atoms with van der Waals surface area (Å²) in [7, 11) is 0. The molecule has 1 aliphatic heterocycles. The fourth-order valence-electron chi connectivity index (χ4n) is 3.49. The maximum Gasteiger partial charge on any atom is 0.111 e. The van der Waals surface area contributed by atoms with Gasteiger partial charge < -0.3 is 9.47 Å². The van der Waals surface area contributed by atoms with Gasteiger partial charge in [0.1, 0.15) is 5.82 Å². The minimum atomic E-state index is 0.719. The summed E-state index contributed by atoms with van der Waals surface area (Å²) in [5, 5.41) is 0. The van der Waals surface area contributed by atoms with E-state index in [4.69, 9.17) is 0 Å². The Labute approximate surface area is 126 Å². The SMILES string of the molecule is c1ccc([C@@H]2CCN(CCn3ccnc3C3CC3)C2)cc1. The molecular formula is C18H23N3. The van der Waals surface area contributed by atoms with Gasteiger partial charge in [0.05, 0.1) is 0 Å². The summed E-state index contributed by atoms with van der Waals surface area (Å²) >= 11 is 0. The van der Waals surface area contributed by atoms with Gasteiger partial charge >= 0.3 is 0 Å². The van der Waals surface area contributed by atoms with Gasteiger partial charge in [-0.3, -0.25) is 0 Å². The summed E-state index contributed by atoms with van der Waals surface area (Å²) in [4.78, 5) is 7.14. The monoisotopic (exact) mass is 281 g/mol. The second kappa shape index (κ2) is 5.64. The van der Waals surface area contributed by atoms with Gasteiger partial charge in [-0.25, -0.2) is 4.98 Å². The Morgan fingerprint density at radius 2 is 1.86 bits per heavy atom. The van der Waals surface area contributed by atoms with Crippen molar-refractivity contribution in [3.63, 3.8) is 0 Å². The Morgan fingerprint density at radius 3 is 2.67 bits per heavy atom. The number of hydrogen-bond donors (Lipinski definition) is 0. The van der Waals surface area contributed by atoms with E-state index in [1.165, 1.54) is 43.7 Å². The first-order valence-corrected chi connectivity index (χ1v) is 8.18. The molecule has 3 nitrogen and oxygen atoms in total. The smallest absolute Gasteiger partial charge is 0.111 e. The quantitative estimate of drug-likeness (QED) is 0.839. The zero-order valence-electron chi connectivity index (χ0n) is 12.5. The maximum atomic E-state index is 4.53. The van der Waals surface area contributed by atoms with Crippen molar-refractivity contribution in [2.45, 2.75) is 37.6 Å². The molecule has 1 aliphatic carbocycles. The van der Waals surface area contributed by atoms with Crippen molar-refractivity contribution < 1.29 is 0 Å². The topological polar surface area (TPSA) is 21.1 Å². The van der Waals surface area contributed by atoms with Crippen LogP contribution in [-0.2, 0) is 6.54 Å². The average Bonchev–Trinajstić information content (AvgIpc) is 3.09. The van der Waals surface area contributed by atoms with Crippen LogP contribution in [0.25, 0.3) is 0 Å². The highest BCUT2D eigenvalue weighted by Gasteiger charge is 2.28. The van der Waals surface area contributed by atoms with Gasteiger partial charge in [0.2, 0.25) is 0 Å². The third-order valence-electron chi connectivity index (χ3n) is 4.89. The third-order valence-corrected chi connectivity index (χ3v) is 4.89. The molecule has 1 saturated carbocycles. The van der Waals surface area contributed by atoms with Crippen LogP contribution in [0.4, 0.5) is 0 Å². The van der Waals surface area contributed by atoms with E-state index in [1.54, 1.807) is 0 Å². The van der Waals surface area contributed by atoms with Gasteiger partial charge in [-0.1, -0.05) is 30.3 Å². The second-order valence-corrected chi connectivity index (χ2v) is 6.45. The minimum absolute atomic E-state index is 0.719. The van der Waals surface area contributed by atoms with Gasteiger partial charge in [-0.2, -0.15) is 0 Å². The van der Waals surface area contributed by atoms with Gasteiger partial charge in [-0.05, 0) is 37.3 Å². The molecule has 1 saturated heterocycles. The molecule has 1 atom stereocenters. The molecule has 0 N–H and O–H groups in total. The van der Waals surface area contributed by atoms with Crippen molar-refractivity contribution in [2.75, 3.05) is 19.6 Å². The molecule has 2 aliphatic rings. The Morgan fingerprint density at radius 1 is 1.00 bits per heavy atom. The molecule has 0 unspecified atom stereocenters. The zero-order chi connectivity index (χ0) is 14.1. The van der Waals surface area contributed by atoms with Crippen molar-refractivity contribution in [3.05, 3.63) is 54.1 Å². The minimum Gasteiger partial charge on any atom is -0.333 e. The molecule has 4 rings (SSSR count). The van der Waals surface area contributed by atoms with Crippen LogP contribution >= 0.6 is 0 Å². The van der Waals surface area contributed by atoms with Crippen molar-refractivity contribution in [1.82, 2.24) is 14.5 Å². The van der Waals surface area contributed by atoms with Crippen LogP contribution in [0, 0.1) is 0 Å². The van der Waals surface area contributed by atoms with E-state index in [0.29, 0.717) is 0 Å². The largest absolute Gasteiger partial charge is 0.333 e. The molecular weight excluding hydrogens is 258 g/mol. The lowest BCUT2D eigenvalue weighted by Crippen LogP contribution is -2.25. The Hall–Kier alpha value is -1.61. The average molecular weight is 281 g/mol. The first-order valence-electron chi connectivity index (χ1n) is 8.18. The van der Waals surface area contributed by atoms with Crippen LogP contribution in [0.3, 0.4) is 0 Å². The summed E-state index contributed by atoms with van der Waals surface area (Å²) in [5.41, 5.74) is 1.50. The van der Waals surface area contributed by atoms with E-state index in [-0.39, 0.29) is 0 Å². The van der Waals surface area contributed by atoms with Crippen LogP contribution in [-0.4, -0.2) is 34.1 Å². The second-order valence-electron chi connectivity index (χ2n) is 6.45. The summed E-state index contributed by atoms with van der Waals surface area (Å²) in [6.45, 7) is 4.68. The fourth-order valence-corrected chi connectivity index (χ4v) is 3.49. The van der Waals surface area contributed by atoms with E-state index in [0.717, 1.165) is 24.9 Å². The zero-order valence-corrected chi connectivity index (χ0v) is 12.5. The van der Waals surface area contributed by atoms with Crippen molar-refractivity contribution in [3.8, 4) is 0 Å². The number of rotatable bonds is 5. The highest BCUT2D eigenvalue weighted by molar-refractivity contribution is 5.21. The van der Waals surface area contributed by atoms with E-state index >= 15 is 0 Å². The molecule has 2 heterocycles. The van der Waals surface area contributed by atoms with E-state index in [2.05, 4.69) is 51.0 Å². The number of imidazole rings is 1. The van der Waals surface area contributed by atoms with E-state index in [1.807, 2.05) is 6.20 Å². The van der Waals surface area contributed by atoms with Crippen LogP contribution in [0.5, 0.6) is 0 Å². The van der Waals surface area contributed by atoms with Crippen LogP contribution < -0.4 is 0 Å². The standard InChI is InChI=1S/C18H23N3/c1-2-4-15(5-3-1)17-8-10-20(14-17)12-13-21-11-9-19-18(21)16-6-7-16/h1-5,9,11,16-17H,6-8,10,12-14H2/t17-/m1/s1. The van der Waals surface area contributed by atoms with Crippen LogP contribution in [0.15, 0.2) is 42.7 Å². The molecule has 3 heteroatoms. The molecule has 2 fully saturated rings. The van der Waals surface area contributed by atoms with Gasteiger partial charge in [0, 0.05) is 37.9 Å². The number of likely N-dealkylation sites (tertiary alicyclic amines) is 1. The molecule has 0 radical (unpaired) electrons. The summed E-state index contributed by atoms with van der Waals surface area (Å²) in [6, 6.07) is 11.0. The number of hydrogen-bond acceptors (Lipinski definition) is 2. The normalized spacial score (nSPS) is 22.8. The van der Waals surface area contributed by atoms with Crippen LogP contribution in [0.2, 0.25) is 0 Å². The van der Waals surface area contributed by atoms with Gasteiger partial charge in [0.15, 0.2) is 0 Å². The highest BCUT2D eigenvalue weighted by Crippen LogP contribution is 2.39. The maximum absolute atomic E-state index is 4.53. The third kappa shape index (κ3) is 2.88. The van der Waals surface area contributed by atoms with E-state index < -0.39 is 0 Å². The number of nitrogens with zero attached hydrogens (tertiary/aromatic N) is 3. The van der Waals surface area contributed by atoms with Crippen molar-refractivity contribution >= 4 is 0 Å². The summed E-state index contributed by atoms with van der Waals surface area (Å²) in [5.74, 6) is 2.78. The molecule has 1 aromatic carbocycles. The summed E-state index contributed by atoms with van der Waals surface area (Å²) < 4.78 is 2.37. The molecule has 110 valence electrons. The van der Waals surface area contributed by atoms with Crippen molar-refractivity contribution in [2.24, 2.45) is 0 Å². The predicted molar refractivity (Wildman–Crippen MR) is 84.4 cm³/mol. The Bertz CT molecular complexity index is 586. The molecule has 21 heavy (non-hydrogen) atoms. The predicted octanol–water partition coefficient (Wildman–Crippen LogP) is 3.25. The molecule has 0 spiro atoms. The summed E-state index contributed by atoms with van der Waals surface area (Å²) in [6.07, 6.45) is 8.07. The highest BCUT2D eigenvalue weighted by atomic mass is 15.2. The van der Waals surface area contributed by atoms with Crippen LogP contribution in [0.1, 0.15) is 42.5 Å². The number of benzene rings is 1. The van der Waals surface area contributed by atoms with Crippen molar-refractivity contribution in [1.29, 1.82) is 0 Å². The van der Waals surface area contributed by atoms with Gasteiger partial charge in [0.25, 0.3) is 0 Å². The lowest BCUT2D eigenvalue weighted by atomic mass is 9.99.